The molecular weight excluding hydrogens is 295 g/mol. The number of halogens is 2. The molecule has 0 fully saturated rings. The van der Waals surface area contributed by atoms with Gasteiger partial charge in [-0.2, -0.15) is 0 Å². The molecule has 0 unspecified atom stereocenters. The van der Waals surface area contributed by atoms with Gasteiger partial charge < -0.3 is 15.2 Å². The Morgan fingerprint density at radius 2 is 1.81 bits per heavy atom. The molecule has 0 spiro atoms. The van der Waals surface area contributed by atoms with Crippen LogP contribution >= 0.6 is 11.6 Å². The second-order valence-corrected chi connectivity index (χ2v) is 4.53. The number of rotatable bonds is 4. The van der Waals surface area contributed by atoms with Crippen molar-refractivity contribution in [1.82, 2.24) is 0 Å². The molecule has 4 nitrogen and oxygen atoms in total. The van der Waals surface area contributed by atoms with E-state index in [9.17, 15) is 4.39 Å². The molecule has 0 aliphatic heterocycles. The number of hydrogen-bond donors (Lipinski definition) is 1. The van der Waals surface area contributed by atoms with Gasteiger partial charge in [-0.1, -0.05) is 11.6 Å². The summed E-state index contributed by atoms with van der Waals surface area (Å²) < 4.78 is 23.5. The van der Waals surface area contributed by atoms with Gasteiger partial charge in [0, 0.05) is 17.3 Å². The molecule has 2 rings (SSSR count). The maximum Gasteiger partial charge on any atom is 0.167 e. The van der Waals surface area contributed by atoms with Gasteiger partial charge in [0.2, 0.25) is 0 Å². The van der Waals surface area contributed by atoms with Gasteiger partial charge in [-0.3, -0.25) is 0 Å². The van der Waals surface area contributed by atoms with Crippen LogP contribution in [0, 0.1) is 5.82 Å². The summed E-state index contributed by atoms with van der Waals surface area (Å²) in [7, 11) is 2.95. The minimum atomic E-state index is -0.548. The van der Waals surface area contributed by atoms with E-state index in [0.717, 1.165) is 6.07 Å². The fourth-order valence-electron chi connectivity index (χ4n) is 1.73. The predicted molar refractivity (Wildman–Crippen MR) is 82.4 cm³/mol. The molecule has 0 saturated heterocycles. The van der Waals surface area contributed by atoms with Crippen LogP contribution in [-0.4, -0.2) is 19.4 Å². The van der Waals surface area contributed by atoms with Gasteiger partial charge >= 0.3 is 0 Å². The summed E-state index contributed by atoms with van der Waals surface area (Å²) >= 11 is 6.16. The van der Waals surface area contributed by atoms with E-state index >= 15 is 0 Å². The van der Waals surface area contributed by atoms with Gasteiger partial charge in [0.15, 0.2) is 11.6 Å². The second kappa shape index (κ2) is 6.45. The molecule has 0 atom stereocenters. The number of hydrogen-bond acceptors (Lipinski definition) is 4. The van der Waals surface area contributed by atoms with Gasteiger partial charge in [0.1, 0.15) is 10.9 Å². The number of ether oxygens (including phenoxy) is 2. The molecule has 2 N–H and O–H groups in total. The lowest BCUT2D eigenvalue weighted by Gasteiger charge is -2.08. The van der Waals surface area contributed by atoms with E-state index in [0.29, 0.717) is 17.0 Å². The van der Waals surface area contributed by atoms with Crippen LogP contribution in [0.4, 0.5) is 15.8 Å². The molecule has 21 heavy (non-hydrogen) atoms. The molecule has 0 aliphatic rings. The highest BCUT2D eigenvalue weighted by atomic mass is 35.5. The Balaban J connectivity index is 2.38. The van der Waals surface area contributed by atoms with Crippen molar-refractivity contribution in [1.29, 1.82) is 0 Å². The largest absolute Gasteiger partial charge is 0.497 e. The molecule has 110 valence electrons. The highest BCUT2D eigenvalue weighted by Crippen LogP contribution is 2.27. The number of anilines is 1. The first-order valence-corrected chi connectivity index (χ1v) is 6.44. The SMILES string of the molecule is COc1ccc(N=C(Cl)c2cc(OC)c(F)cc2N)cc1. The average Bonchev–Trinajstić information content (AvgIpc) is 2.48. The third kappa shape index (κ3) is 3.44. The number of nitrogens with zero attached hydrogens (tertiary/aromatic N) is 1. The minimum Gasteiger partial charge on any atom is -0.497 e. The third-order valence-electron chi connectivity index (χ3n) is 2.85. The van der Waals surface area contributed by atoms with Crippen molar-refractivity contribution in [2.45, 2.75) is 0 Å². The van der Waals surface area contributed by atoms with Gasteiger partial charge in [-0.05, 0) is 30.3 Å². The van der Waals surface area contributed by atoms with Crippen molar-refractivity contribution in [3.63, 3.8) is 0 Å². The first-order chi connectivity index (χ1) is 10.0. The number of benzene rings is 2. The third-order valence-corrected chi connectivity index (χ3v) is 3.13. The van der Waals surface area contributed by atoms with E-state index < -0.39 is 5.82 Å². The summed E-state index contributed by atoms with van der Waals surface area (Å²) in [6.07, 6.45) is 0. The summed E-state index contributed by atoms with van der Waals surface area (Å²) in [6.45, 7) is 0. The van der Waals surface area contributed by atoms with Crippen LogP contribution in [0.3, 0.4) is 0 Å². The quantitative estimate of drug-likeness (QED) is 0.691. The van der Waals surface area contributed by atoms with E-state index in [1.165, 1.54) is 13.2 Å². The Kier molecular flexibility index (Phi) is 4.65. The summed E-state index contributed by atoms with van der Waals surface area (Å²) in [4.78, 5) is 4.24. The van der Waals surface area contributed by atoms with Crippen LogP contribution < -0.4 is 15.2 Å². The smallest absolute Gasteiger partial charge is 0.167 e. The maximum atomic E-state index is 13.5. The molecular formula is C15H14ClFN2O2. The second-order valence-electron chi connectivity index (χ2n) is 4.17. The van der Waals surface area contributed by atoms with Gasteiger partial charge in [0.25, 0.3) is 0 Å². The van der Waals surface area contributed by atoms with Crippen LogP contribution in [0.2, 0.25) is 0 Å². The summed E-state index contributed by atoms with van der Waals surface area (Å²) in [5.74, 6) is 0.225. The fourth-order valence-corrected chi connectivity index (χ4v) is 2.00. The normalized spacial score (nSPS) is 11.3. The van der Waals surface area contributed by atoms with E-state index in [-0.39, 0.29) is 16.6 Å². The Bertz CT molecular complexity index is 672. The summed E-state index contributed by atoms with van der Waals surface area (Å²) in [5.41, 5.74) is 6.99. The van der Waals surface area contributed by atoms with Crippen LogP contribution in [0.5, 0.6) is 11.5 Å². The number of methoxy groups -OCH3 is 2. The van der Waals surface area contributed by atoms with E-state index in [1.807, 2.05) is 0 Å². The first-order valence-electron chi connectivity index (χ1n) is 6.06. The van der Waals surface area contributed by atoms with E-state index in [1.54, 1.807) is 31.4 Å². The molecule has 0 aliphatic carbocycles. The Morgan fingerprint density at radius 3 is 2.38 bits per heavy atom. The zero-order valence-electron chi connectivity index (χ0n) is 11.6. The predicted octanol–water partition coefficient (Wildman–Crippen LogP) is 3.74. The number of nitrogens with two attached hydrogens (primary N) is 1. The number of aliphatic imine (C=N–C) groups is 1. The van der Waals surface area contributed by atoms with Crippen molar-refractivity contribution in [2.75, 3.05) is 20.0 Å². The van der Waals surface area contributed by atoms with E-state index in [2.05, 4.69) is 4.99 Å². The van der Waals surface area contributed by atoms with Crippen molar-refractivity contribution < 1.29 is 13.9 Å². The summed E-state index contributed by atoms with van der Waals surface area (Å²) in [6, 6.07) is 9.59. The molecule has 0 heterocycles. The van der Waals surface area contributed by atoms with Gasteiger partial charge in [0.05, 0.1) is 19.9 Å². The lowest BCUT2D eigenvalue weighted by Crippen LogP contribution is -2.01. The summed E-state index contributed by atoms with van der Waals surface area (Å²) in [5, 5.41) is 0.149. The molecule has 6 heteroatoms. The monoisotopic (exact) mass is 308 g/mol. The maximum absolute atomic E-state index is 13.5. The average molecular weight is 309 g/mol. The van der Waals surface area contributed by atoms with Crippen molar-refractivity contribution in [3.8, 4) is 11.5 Å². The van der Waals surface area contributed by atoms with Crippen LogP contribution in [-0.2, 0) is 0 Å². The van der Waals surface area contributed by atoms with Crippen molar-refractivity contribution in [3.05, 3.63) is 47.8 Å². The minimum absolute atomic E-state index is 0.0577. The zero-order chi connectivity index (χ0) is 15.4. The fraction of sp³-hybridized carbons (Fsp3) is 0.133. The van der Waals surface area contributed by atoms with Crippen molar-refractivity contribution >= 4 is 28.1 Å². The molecule has 0 aromatic heterocycles. The standard InChI is InChI=1S/C15H14ClFN2O2/c1-20-10-5-3-9(4-6-10)19-15(16)11-7-14(21-2)12(17)8-13(11)18/h3-8H,18H2,1-2H3. The highest BCUT2D eigenvalue weighted by molar-refractivity contribution is 6.70. The van der Waals surface area contributed by atoms with Gasteiger partial charge in [-0.25, -0.2) is 9.38 Å². The molecule has 2 aromatic rings. The molecule has 0 radical (unpaired) electrons. The first kappa shape index (κ1) is 15.1. The number of nitrogen functional groups attached to an aromatic ring is 1. The van der Waals surface area contributed by atoms with Crippen LogP contribution in [0.15, 0.2) is 41.4 Å². The van der Waals surface area contributed by atoms with E-state index in [4.69, 9.17) is 26.8 Å². The molecule has 0 saturated carbocycles. The van der Waals surface area contributed by atoms with Crippen LogP contribution in [0.1, 0.15) is 5.56 Å². The zero-order valence-corrected chi connectivity index (χ0v) is 12.3. The Morgan fingerprint density at radius 1 is 1.14 bits per heavy atom. The topological polar surface area (TPSA) is 56.8 Å². The Hall–Kier alpha value is -2.27. The highest BCUT2D eigenvalue weighted by Gasteiger charge is 2.12. The lowest BCUT2D eigenvalue weighted by atomic mass is 10.1. The molecule has 0 amide bonds. The van der Waals surface area contributed by atoms with Gasteiger partial charge in [-0.15, -0.1) is 0 Å². The van der Waals surface area contributed by atoms with Crippen LogP contribution in [0.25, 0.3) is 0 Å². The van der Waals surface area contributed by atoms with Crippen molar-refractivity contribution in [2.24, 2.45) is 4.99 Å². The molecule has 0 bridgehead atoms. The Labute approximate surface area is 127 Å². The molecule has 2 aromatic carbocycles. The lowest BCUT2D eigenvalue weighted by molar-refractivity contribution is 0.386.